The number of aromatic amines is 1. The monoisotopic (exact) mass is 654 g/mol. The Morgan fingerprint density at radius 3 is 2.29 bits per heavy atom. The molecule has 0 radical (unpaired) electrons. The van der Waals surface area contributed by atoms with Crippen LogP contribution in [0.25, 0.3) is 12.2 Å². The number of allylic oxidation sites excluding steroid dienone is 2. The number of aliphatic carboxylic acids is 2. The summed E-state index contributed by atoms with van der Waals surface area (Å²) in [6.07, 6.45) is 5.84. The zero-order valence-corrected chi connectivity index (χ0v) is 27.8. The highest BCUT2D eigenvalue weighted by Gasteiger charge is 2.41. The maximum absolute atomic E-state index is 12.7. The lowest BCUT2D eigenvalue weighted by Crippen LogP contribution is -2.36. The van der Waals surface area contributed by atoms with Crippen LogP contribution in [0.15, 0.2) is 33.7 Å². The number of thioether (sulfide) groups is 1. The zero-order chi connectivity index (χ0) is 32.6. The van der Waals surface area contributed by atoms with Crippen LogP contribution in [-0.4, -0.2) is 67.8 Å². The van der Waals surface area contributed by atoms with Gasteiger partial charge in [0, 0.05) is 70.1 Å². The normalized spacial score (nSPS) is 27.9. The summed E-state index contributed by atoms with van der Waals surface area (Å²) in [5, 5.41) is 29.0. The summed E-state index contributed by atoms with van der Waals surface area (Å²) in [6, 6.07) is -0.212. The third-order valence-electron chi connectivity index (χ3n) is 9.62. The van der Waals surface area contributed by atoms with Gasteiger partial charge in [-0.05, 0) is 92.2 Å². The molecule has 10 nitrogen and oxygen atoms in total. The molecule has 5 rings (SSSR count). The maximum atomic E-state index is 12.7. The van der Waals surface area contributed by atoms with E-state index in [0.717, 1.165) is 68.4 Å². The highest BCUT2D eigenvalue weighted by atomic mass is 32.2. The van der Waals surface area contributed by atoms with Crippen molar-refractivity contribution in [3.05, 3.63) is 56.2 Å². The predicted octanol–water partition coefficient (Wildman–Crippen LogP) is 4.20. The molecule has 1 aromatic heterocycles. The van der Waals surface area contributed by atoms with E-state index in [0.29, 0.717) is 25.0 Å². The number of thiol groups is 1. The SMILES string of the molecule is CC1=C(CCC(=O)O)/C(=C\c2[nH]c(/C=C3\NC(=O)[C@H](C)[C@H]3CCS)c(C)c2CCC(=O)O)NC1C[C@H]1NC(=O)C([C@H]2CS2)=C1C. The fourth-order valence-corrected chi connectivity index (χ4v) is 7.82. The molecule has 4 aliphatic rings. The Hall–Kier alpha value is -3.38. The largest absolute Gasteiger partial charge is 0.481 e. The molecule has 6 N–H and O–H groups in total. The first-order chi connectivity index (χ1) is 21.4. The van der Waals surface area contributed by atoms with Crippen LogP contribution in [0.4, 0.5) is 0 Å². The van der Waals surface area contributed by atoms with Crippen molar-refractivity contribution in [2.24, 2.45) is 11.8 Å². The van der Waals surface area contributed by atoms with Gasteiger partial charge in [0.1, 0.15) is 0 Å². The molecule has 2 saturated heterocycles. The molecule has 4 aliphatic heterocycles. The molecule has 5 heterocycles. The van der Waals surface area contributed by atoms with Crippen molar-refractivity contribution in [2.45, 2.75) is 83.6 Å². The average Bonchev–Trinajstić information content (AvgIpc) is 3.56. The van der Waals surface area contributed by atoms with Gasteiger partial charge < -0.3 is 31.1 Å². The number of H-pyrrole nitrogens is 1. The molecule has 0 aliphatic carbocycles. The first kappa shape index (κ1) is 33.0. The second-order valence-corrected chi connectivity index (χ2v) is 14.1. The van der Waals surface area contributed by atoms with Crippen LogP contribution in [0.1, 0.15) is 75.4 Å². The molecule has 45 heavy (non-hydrogen) atoms. The highest BCUT2D eigenvalue weighted by Crippen LogP contribution is 2.42. The Labute approximate surface area is 273 Å². The van der Waals surface area contributed by atoms with E-state index >= 15 is 0 Å². The molecule has 0 saturated carbocycles. The van der Waals surface area contributed by atoms with Crippen LogP contribution in [0.2, 0.25) is 0 Å². The van der Waals surface area contributed by atoms with Gasteiger partial charge in [-0.2, -0.15) is 24.4 Å². The second kappa shape index (κ2) is 13.5. The van der Waals surface area contributed by atoms with Crippen molar-refractivity contribution in [3.63, 3.8) is 0 Å². The Balaban J connectivity index is 1.49. The topological polar surface area (TPSA) is 161 Å². The molecule has 12 heteroatoms. The van der Waals surface area contributed by atoms with E-state index < -0.39 is 11.9 Å². The lowest BCUT2D eigenvalue weighted by atomic mass is 9.91. The lowest BCUT2D eigenvalue weighted by Gasteiger charge is -2.20. The van der Waals surface area contributed by atoms with Crippen molar-refractivity contribution >= 4 is 60.3 Å². The van der Waals surface area contributed by atoms with Crippen LogP contribution in [0.3, 0.4) is 0 Å². The van der Waals surface area contributed by atoms with Gasteiger partial charge in [0.05, 0.1) is 6.04 Å². The molecule has 242 valence electrons. The first-order valence-electron chi connectivity index (χ1n) is 15.5. The number of nitrogens with one attached hydrogen (secondary N) is 4. The van der Waals surface area contributed by atoms with Crippen molar-refractivity contribution < 1.29 is 29.4 Å². The van der Waals surface area contributed by atoms with Crippen molar-refractivity contribution in [1.82, 2.24) is 20.9 Å². The minimum atomic E-state index is -0.900. The van der Waals surface area contributed by atoms with Gasteiger partial charge in [-0.3, -0.25) is 19.2 Å². The lowest BCUT2D eigenvalue weighted by molar-refractivity contribution is -0.138. The zero-order valence-electron chi connectivity index (χ0n) is 26.1. The van der Waals surface area contributed by atoms with Crippen LogP contribution >= 0.6 is 24.4 Å². The molecule has 2 fully saturated rings. The molecule has 1 unspecified atom stereocenters. The van der Waals surface area contributed by atoms with E-state index in [1.807, 2.05) is 39.8 Å². The number of carbonyl (C=O) groups is 4. The fraction of sp³-hybridized carbons (Fsp3) is 0.515. The molecule has 5 atom stereocenters. The smallest absolute Gasteiger partial charge is 0.303 e. The van der Waals surface area contributed by atoms with Gasteiger partial charge in [0.2, 0.25) is 11.8 Å². The molecule has 0 spiro atoms. The van der Waals surface area contributed by atoms with Gasteiger partial charge in [0.25, 0.3) is 0 Å². The Morgan fingerprint density at radius 2 is 1.64 bits per heavy atom. The van der Waals surface area contributed by atoms with E-state index in [1.165, 1.54) is 0 Å². The Bertz CT molecular complexity index is 1550. The van der Waals surface area contributed by atoms with E-state index in [9.17, 15) is 29.4 Å². The molecule has 2 amide bonds. The number of carbonyl (C=O) groups excluding carboxylic acids is 2. The van der Waals surface area contributed by atoms with E-state index in [2.05, 4.69) is 33.6 Å². The first-order valence-corrected chi connectivity index (χ1v) is 17.2. The van der Waals surface area contributed by atoms with Gasteiger partial charge in [0.15, 0.2) is 0 Å². The van der Waals surface area contributed by atoms with E-state index in [1.54, 1.807) is 11.8 Å². The van der Waals surface area contributed by atoms with Crippen LogP contribution < -0.4 is 16.0 Å². The highest BCUT2D eigenvalue weighted by molar-refractivity contribution is 8.07. The predicted molar refractivity (Wildman–Crippen MR) is 179 cm³/mol. The van der Waals surface area contributed by atoms with Gasteiger partial charge in [-0.1, -0.05) is 6.92 Å². The standard InChI is InChI=1S/C33H42N4O6S2/c1-15-19(5-7-29(38)39)25(34-22(15)11-24-18(4)31(28-14-45-28)33(43)36-24)13-26-20(6-8-30(40)41)16(2)23(35-26)12-27-21(9-10-44)17(3)32(42)37-27/h12-13,17,21-22,24,28,34-35,44H,5-11,14H2,1-4H3,(H,36,43)(H,37,42)(H,38,39)(H,40,41)/b25-13+,27-12-/t17-,21-,22?,24-,28-/m1/s1. The minimum Gasteiger partial charge on any atom is -0.481 e. The third kappa shape index (κ3) is 7.06. The summed E-state index contributed by atoms with van der Waals surface area (Å²) in [4.78, 5) is 51.9. The van der Waals surface area contributed by atoms with Gasteiger partial charge in [-0.15, -0.1) is 0 Å². The molecular weight excluding hydrogens is 613 g/mol. The van der Waals surface area contributed by atoms with Gasteiger partial charge in [-0.25, -0.2) is 0 Å². The van der Waals surface area contributed by atoms with Crippen molar-refractivity contribution in [1.29, 1.82) is 0 Å². The molecular formula is C33H42N4O6S2. The quantitative estimate of drug-likeness (QED) is 0.123. The summed E-state index contributed by atoms with van der Waals surface area (Å²) < 4.78 is 0. The molecule has 1 aromatic rings. The summed E-state index contributed by atoms with van der Waals surface area (Å²) in [5.74, 6) is -0.348. The maximum Gasteiger partial charge on any atom is 0.303 e. The summed E-state index contributed by atoms with van der Waals surface area (Å²) in [7, 11) is 0. The number of rotatable bonds is 13. The summed E-state index contributed by atoms with van der Waals surface area (Å²) in [6.45, 7) is 7.89. The fourth-order valence-electron chi connectivity index (χ4n) is 6.82. The number of hydrogen-bond donors (Lipinski definition) is 7. The summed E-state index contributed by atoms with van der Waals surface area (Å²) in [5.41, 5.74) is 8.80. The molecule has 0 bridgehead atoms. The second-order valence-electron chi connectivity index (χ2n) is 12.4. The average molecular weight is 655 g/mol. The Kier molecular flexibility index (Phi) is 9.93. The van der Waals surface area contributed by atoms with Crippen LogP contribution in [0.5, 0.6) is 0 Å². The van der Waals surface area contributed by atoms with E-state index in [-0.39, 0.29) is 53.8 Å². The summed E-state index contributed by atoms with van der Waals surface area (Å²) >= 11 is 6.17. The van der Waals surface area contributed by atoms with E-state index in [4.69, 9.17) is 0 Å². The van der Waals surface area contributed by atoms with Gasteiger partial charge >= 0.3 is 11.9 Å². The number of amides is 2. The van der Waals surface area contributed by atoms with Crippen LogP contribution in [-0.2, 0) is 25.6 Å². The van der Waals surface area contributed by atoms with Crippen molar-refractivity contribution in [3.8, 4) is 0 Å². The minimum absolute atomic E-state index is 0.00466. The number of carboxylic acid groups (broad SMARTS) is 2. The van der Waals surface area contributed by atoms with Crippen molar-refractivity contribution in [2.75, 3.05) is 11.5 Å². The number of carboxylic acids is 2. The Morgan fingerprint density at radius 1 is 0.978 bits per heavy atom. The number of hydrogen-bond acceptors (Lipinski definition) is 7. The third-order valence-corrected chi connectivity index (χ3v) is 10.8. The number of aromatic nitrogens is 1. The van der Waals surface area contributed by atoms with Crippen LogP contribution in [0, 0.1) is 18.8 Å². The molecule has 0 aromatic carbocycles.